The highest BCUT2D eigenvalue weighted by molar-refractivity contribution is 5.82. The van der Waals surface area contributed by atoms with Crippen molar-refractivity contribution in [3.05, 3.63) is 12.7 Å². The van der Waals surface area contributed by atoms with E-state index in [-0.39, 0.29) is 0 Å². The van der Waals surface area contributed by atoms with E-state index in [9.17, 15) is 9.59 Å². The lowest BCUT2D eigenvalue weighted by Gasteiger charge is -2.40. The Morgan fingerprint density at radius 2 is 2.18 bits per heavy atom. The summed E-state index contributed by atoms with van der Waals surface area (Å²) in [6.45, 7) is 5.72. The van der Waals surface area contributed by atoms with Crippen molar-refractivity contribution in [1.82, 2.24) is 5.32 Å². The third kappa shape index (κ3) is 4.09. The molecule has 0 aromatic rings. The number of nitrogens with one attached hydrogen (secondary N) is 1. The molecule has 0 aliphatic heterocycles. The predicted molar refractivity (Wildman–Crippen MR) is 62.3 cm³/mol. The van der Waals surface area contributed by atoms with E-state index in [2.05, 4.69) is 11.9 Å². The summed E-state index contributed by atoms with van der Waals surface area (Å²) in [5, 5.41) is 2.60. The minimum atomic E-state index is -0.880. The molecule has 0 atom stereocenters. The molecular weight excluding hydrogens is 222 g/mol. The van der Waals surface area contributed by atoms with E-state index in [4.69, 9.17) is 9.47 Å². The van der Waals surface area contributed by atoms with Gasteiger partial charge < -0.3 is 9.47 Å². The van der Waals surface area contributed by atoms with Gasteiger partial charge >= 0.3 is 12.1 Å². The minimum absolute atomic E-state index is 0.383. The number of carbonyl (C=O) groups excluding carboxylic acids is 2. The molecule has 1 saturated carbocycles. The highest BCUT2D eigenvalue weighted by Crippen LogP contribution is 2.33. The molecule has 5 nitrogen and oxygen atoms in total. The van der Waals surface area contributed by atoms with Gasteiger partial charge in [-0.3, -0.25) is 5.32 Å². The van der Waals surface area contributed by atoms with Gasteiger partial charge in [0, 0.05) is 18.9 Å². The van der Waals surface area contributed by atoms with E-state index >= 15 is 0 Å². The summed E-state index contributed by atoms with van der Waals surface area (Å²) in [4.78, 5) is 22.6. The molecule has 1 amide bonds. The third-order valence-corrected chi connectivity index (χ3v) is 2.68. The fourth-order valence-electron chi connectivity index (χ4n) is 1.52. The van der Waals surface area contributed by atoms with Crippen molar-refractivity contribution in [2.75, 3.05) is 6.61 Å². The van der Waals surface area contributed by atoms with Crippen molar-refractivity contribution in [1.29, 1.82) is 0 Å². The van der Waals surface area contributed by atoms with Crippen LogP contribution in [-0.2, 0) is 14.3 Å². The maximum Gasteiger partial charge on any atom is 0.410 e. The molecule has 1 aliphatic carbocycles. The van der Waals surface area contributed by atoms with Gasteiger partial charge in [0.15, 0.2) is 5.72 Å². The largest absolute Gasteiger partial charge is 0.449 e. The molecule has 17 heavy (non-hydrogen) atoms. The van der Waals surface area contributed by atoms with Crippen LogP contribution in [0.4, 0.5) is 4.79 Å². The Morgan fingerprint density at radius 3 is 2.65 bits per heavy atom. The fourth-order valence-corrected chi connectivity index (χ4v) is 1.52. The van der Waals surface area contributed by atoms with E-state index in [1.807, 2.05) is 6.92 Å². The quantitative estimate of drug-likeness (QED) is 0.335. The van der Waals surface area contributed by atoms with Crippen molar-refractivity contribution in [3.8, 4) is 0 Å². The smallest absolute Gasteiger partial charge is 0.410 e. The molecule has 1 N–H and O–H groups in total. The zero-order chi connectivity index (χ0) is 12.7. The Bertz CT molecular complexity index is 297. The van der Waals surface area contributed by atoms with E-state index in [1.165, 1.54) is 0 Å². The lowest BCUT2D eigenvalue weighted by Crippen LogP contribution is -2.56. The summed E-state index contributed by atoms with van der Waals surface area (Å²) in [5.74, 6) is -0.529. The average molecular weight is 241 g/mol. The highest BCUT2D eigenvalue weighted by Gasteiger charge is 2.42. The monoisotopic (exact) mass is 241 g/mol. The number of carbonyl (C=O) groups is 2. The molecule has 5 heteroatoms. The summed E-state index contributed by atoms with van der Waals surface area (Å²) in [6, 6.07) is 0. The number of alkyl carbamates (subject to hydrolysis) is 1. The lowest BCUT2D eigenvalue weighted by atomic mass is 9.88. The van der Waals surface area contributed by atoms with Crippen molar-refractivity contribution >= 4 is 12.1 Å². The first-order valence-corrected chi connectivity index (χ1v) is 5.92. The van der Waals surface area contributed by atoms with Gasteiger partial charge in [-0.2, -0.15) is 0 Å². The maximum absolute atomic E-state index is 11.4. The van der Waals surface area contributed by atoms with Crippen LogP contribution in [0, 0.1) is 0 Å². The maximum atomic E-state index is 11.4. The van der Waals surface area contributed by atoms with Gasteiger partial charge in [-0.05, 0) is 12.8 Å². The van der Waals surface area contributed by atoms with Crippen molar-refractivity contribution in [3.63, 3.8) is 0 Å². The second kappa shape index (κ2) is 6.27. The van der Waals surface area contributed by atoms with Gasteiger partial charge in [0.1, 0.15) is 0 Å². The predicted octanol–water partition coefficient (Wildman–Crippen LogP) is 2.12. The SMILES string of the molecule is C=CC(=O)OC1(NC(=O)OCCCC)CCC1. The number of ether oxygens (including phenoxy) is 2. The molecule has 1 aliphatic rings. The van der Waals surface area contributed by atoms with Crippen LogP contribution in [0.25, 0.3) is 0 Å². The van der Waals surface area contributed by atoms with Crippen LogP contribution >= 0.6 is 0 Å². The first-order valence-electron chi connectivity index (χ1n) is 5.92. The number of hydrogen-bond donors (Lipinski definition) is 1. The van der Waals surface area contributed by atoms with Crippen LogP contribution < -0.4 is 5.32 Å². The van der Waals surface area contributed by atoms with Crippen LogP contribution in [0.15, 0.2) is 12.7 Å². The van der Waals surface area contributed by atoms with Gasteiger partial charge in [-0.1, -0.05) is 19.9 Å². The molecule has 96 valence electrons. The van der Waals surface area contributed by atoms with Gasteiger partial charge in [0.2, 0.25) is 0 Å². The first kappa shape index (κ1) is 13.5. The Morgan fingerprint density at radius 1 is 1.47 bits per heavy atom. The summed E-state index contributed by atoms with van der Waals surface area (Å²) in [7, 11) is 0. The summed E-state index contributed by atoms with van der Waals surface area (Å²) < 4.78 is 10.1. The van der Waals surface area contributed by atoms with E-state index < -0.39 is 17.8 Å². The lowest BCUT2D eigenvalue weighted by molar-refractivity contribution is -0.167. The fraction of sp³-hybridized carbons (Fsp3) is 0.667. The van der Waals surface area contributed by atoms with Gasteiger partial charge in [-0.25, -0.2) is 9.59 Å². The standard InChI is InChI=1S/C12H19NO4/c1-3-5-9-16-11(15)13-12(7-6-8-12)17-10(14)4-2/h4H,2-3,5-9H2,1H3,(H,13,15). The number of hydrogen-bond acceptors (Lipinski definition) is 4. The van der Waals surface area contributed by atoms with Gasteiger partial charge in [-0.15, -0.1) is 0 Å². The highest BCUT2D eigenvalue weighted by atomic mass is 16.6. The topological polar surface area (TPSA) is 64.6 Å². The van der Waals surface area contributed by atoms with Crippen molar-refractivity contribution in [2.24, 2.45) is 0 Å². The second-order valence-electron chi connectivity index (χ2n) is 4.09. The summed E-state index contributed by atoms with van der Waals surface area (Å²) in [5.41, 5.74) is -0.880. The molecule has 0 spiro atoms. The number of unbranched alkanes of at least 4 members (excludes halogenated alkanes) is 1. The number of rotatable bonds is 6. The van der Waals surface area contributed by atoms with Gasteiger partial charge in [0.25, 0.3) is 0 Å². The minimum Gasteiger partial charge on any atom is -0.449 e. The molecule has 0 aromatic heterocycles. The Hall–Kier alpha value is -1.52. The number of esters is 1. The second-order valence-corrected chi connectivity index (χ2v) is 4.09. The van der Waals surface area contributed by atoms with Crippen LogP contribution in [-0.4, -0.2) is 24.4 Å². The van der Waals surface area contributed by atoms with Crippen LogP contribution in [0.2, 0.25) is 0 Å². The zero-order valence-electron chi connectivity index (χ0n) is 10.2. The van der Waals surface area contributed by atoms with Crippen molar-refractivity contribution in [2.45, 2.75) is 44.8 Å². The van der Waals surface area contributed by atoms with E-state index in [0.29, 0.717) is 19.4 Å². The Labute approximate surface area is 101 Å². The van der Waals surface area contributed by atoms with Crippen LogP contribution in [0.1, 0.15) is 39.0 Å². The van der Waals surface area contributed by atoms with Gasteiger partial charge in [0.05, 0.1) is 6.61 Å². The van der Waals surface area contributed by atoms with Crippen molar-refractivity contribution < 1.29 is 19.1 Å². The molecule has 1 rings (SSSR count). The molecule has 0 bridgehead atoms. The normalized spacial score (nSPS) is 16.5. The van der Waals surface area contributed by atoms with Crippen LogP contribution in [0.5, 0.6) is 0 Å². The first-order chi connectivity index (χ1) is 8.12. The Kier molecular flexibility index (Phi) is 5.00. The molecular formula is C12H19NO4. The molecule has 0 unspecified atom stereocenters. The van der Waals surface area contributed by atoms with E-state index in [1.54, 1.807) is 0 Å². The van der Waals surface area contributed by atoms with E-state index in [0.717, 1.165) is 25.3 Å². The number of amides is 1. The summed E-state index contributed by atoms with van der Waals surface area (Å²) in [6.07, 6.45) is 4.50. The average Bonchev–Trinajstić information content (AvgIpc) is 2.26. The molecule has 0 radical (unpaired) electrons. The molecule has 0 heterocycles. The third-order valence-electron chi connectivity index (χ3n) is 2.68. The Balaban J connectivity index is 2.37. The molecule has 0 saturated heterocycles. The zero-order valence-corrected chi connectivity index (χ0v) is 10.2. The summed E-state index contributed by atoms with van der Waals surface area (Å²) >= 11 is 0. The molecule has 0 aromatic carbocycles. The molecule has 1 fully saturated rings. The van der Waals surface area contributed by atoms with Crippen LogP contribution in [0.3, 0.4) is 0 Å².